The van der Waals surface area contributed by atoms with Gasteiger partial charge in [-0.25, -0.2) is 0 Å². The molecule has 2 aromatic carbocycles. The van der Waals surface area contributed by atoms with Gasteiger partial charge in [0.05, 0.1) is 16.1 Å². The second-order valence-electron chi connectivity index (χ2n) is 5.92. The standard InChI is InChI=1S/C18H16BrClN2O2/c1-11(23)21-14-5-6-16(15(20)10-14)22-17(24)18(7-8-18)12-3-2-4-13(19)9-12/h2-6,9-10H,7-8H2,1H3,(H,21,23)(H,22,24). The van der Waals surface area contributed by atoms with Crippen LogP contribution in [0.2, 0.25) is 5.02 Å². The SMILES string of the molecule is CC(=O)Nc1ccc(NC(=O)C2(c3cccc(Br)c3)CC2)c(Cl)c1. The predicted octanol–water partition coefficient (Wildman–Crippen LogP) is 4.73. The third-order valence-electron chi connectivity index (χ3n) is 4.10. The molecule has 2 N–H and O–H groups in total. The Morgan fingerprint density at radius 1 is 1.12 bits per heavy atom. The van der Waals surface area contributed by atoms with Crippen LogP contribution < -0.4 is 10.6 Å². The zero-order chi connectivity index (χ0) is 17.3. The lowest BCUT2D eigenvalue weighted by Crippen LogP contribution is -2.28. The van der Waals surface area contributed by atoms with Crippen LogP contribution in [-0.4, -0.2) is 11.8 Å². The lowest BCUT2D eigenvalue weighted by atomic mass is 9.95. The normalized spacial score (nSPS) is 14.8. The first-order valence-corrected chi connectivity index (χ1v) is 8.72. The molecule has 6 heteroatoms. The minimum atomic E-state index is -0.483. The van der Waals surface area contributed by atoms with Crippen LogP contribution in [0.4, 0.5) is 11.4 Å². The zero-order valence-electron chi connectivity index (χ0n) is 13.0. The van der Waals surface area contributed by atoms with Crippen molar-refractivity contribution in [3.05, 3.63) is 57.5 Å². The third kappa shape index (κ3) is 3.47. The highest BCUT2D eigenvalue weighted by Crippen LogP contribution is 2.49. The summed E-state index contributed by atoms with van der Waals surface area (Å²) in [5.74, 6) is -0.232. The summed E-state index contributed by atoms with van der Waals surface area (Å²) in [6, 6.07) is 12.9. The zero-order valence-corrected chi connectivity index (χ0v) is 15.4. The Bertz CT molecular complexity index is 818. The van der Waals surface area contributed by atoms with E-state index >= 15 is 0 Å². The Morgan fingerprint density at radius 3 is 2.46 bits per heavy atom. The number of anilines is 2. The van der Waals surface area contributed by atoms with Crippen molar-refractivity contribution in [3.63, 3.8) is 0 Å². The Labute approximate surface area is 153 Å². The highest BCUT2D eigenvalue weighted by atomic mass is 79.9. The van der Waals surface area contributed by atoms with Gasteiger partial charge in [-0.1, -0.05) is 39.7 Å². The van der Waals surface area contributed by atoms with Crippen LogP contribution in [0.5, 0.6) is 0 Å². The van der Waals surface area contributed by atoms with Crippen molar-refractivity contribution in [2.45, 2.75) is 25.2 Å². The largest absolute Gasteiger partial charge is 0.326 e. The fourth-order valence-electron chi connectivity index (χ4n) is 2.70. The van der Waals surface area contributed by atoms with Gasteiger partial charge in [0.15, 0.2) is 0 Å². The Kier molecular flexibility index (Phi) is 4.65. The molecule has 3 rings (SSSR count). The van der Waals surface area contributed by atoms with Crippen LogP contribution in [0.1, 0.15) is 25.3 Å². The fourth-order valence-corrected chi connectivity index (χ4v) is 3.32. The Morgan fingerprint density at radius 2 is 1.88 bits per heavy atom. The van der Waals surface area contributed by atoms with E-state index in [1.807, 2.05) is 24.3 Å². The second kappa shape index (κ2) is 6.57. The molecule has 0 aromatic heterocycles. The van der Waals surface area contributed by atoms with Crippen molar-refractivity contribution in [1.29, 1.82) is 0 Å². The average Bonchev–Trinajstić information content (AvgIpc) is 3.31. The molecule has 2 aromatic rings. The van der Waals surface area contributed by atoms with Crippen LogP contribution in [0.15, 0.2) is 46.9 Å². The molecular formula is C18H16BrClN2O2. The highest BCUT2D eigenvalue weighted by Gasteiger charge is 2.51. The molecule has 0 unspecified atom stereocenters. The number of rotatable bonds is 4. The van der Waals surface area contributed by atoms with E-state index in [0.29, 0.717) is 16.4 Å². The summed E-state index contributed by atoms with van der Waals surface area (Å²) in [6.07, 6.45) is 1.63. The minimum Gasteiger partial charge on any atom is -0.326 e. The summed E-state index contributed by atoms with van der Waals surface area (Å²) >= 11 is 9.68. The number of carbonyl (C=O) groups is 2. The maximum absolute atomic E-state index is 12.8. The molecule has 1 fully saturated rings. The van der Waals surface area contributed by atoms with E-state index < -0.39 is 5.41 Å². The van der Waals surface area contributed by atoms with Gasteiger partial charge in [-0.05, 0) is 48.7 Å². The molecular weight excluding hydrogens is 392 g/mol. The minimum absolute atomic E-state index is 0.0604. The lowest BCUT2D eigenvalue weighted by molar-refractivity contribution is -0.118. The van der Waals surface area contributed by atoms with Crippen LogP contribution in [0.25, 0.3) is 0 Å². The van der Waals surface area contributed by atoms with Crippen LogP contribution in [-0.2, 0) is 15.0 Å². The van der Waals surface area contributed by atoms with Gasteiger partial charge in [0, 0.05) is 17.1 Å². The third-order valence-corrected chi connectivity index (χ3v) is 4.91. The van der Waals surface area contributed by atoms with Crippen molar-refractivity contribution >= 4 is 50.7 Å². The van der Waals surface area contributed by atoms with Gasteiger partial charge in [0.2, 0.25) is 11.8 Å². The lowest BCUT2D eigenvalue weighted by Gasteiger charge is -2.17. The summed E-state index contributed by atoms with van der Waals surface area (Å²) in [7, 11) is 0. The van der Waals surface area contributed by atoms with Crippen molar-refractivity contribution in [3.8, 4) is 0 Å². The van der Waals surface area contributed by atoms with E-state index in [0.717, 1.165) is 22.9 Å². The first-order valence-electron chi connectivity index (χ1n) is 7.55. The van der Waals surface area contributed by atoms with E-state index in [1.54, 1.807) is 18.2 Å². The molecule has 124 valence electrons. The van der Waals surface area contributed by atoms with Crippen molar-refractivity contribution < 1.29 is 9.59 Å². The van der Waals surface area contributed by atoms with Gasteiger partial charge >= 0.3 is 0 Å². The van der Waals surface area contributed by atoms with E-state index in [9.17, 15) is 9.59 Å². The first-order chi connectivity index (χ1) is 11.4. The molecule has 4 nitrogen and oxygen atoms in total. The van der Waals surface area contributed by atoms with Crippen molar-refractivity contribution in [2.75, 3.05) is 10.6 Å². The van der Waals surface area contributed by atoms with E-state index in [1.165, 1.54) is 6.92 Å². The number of hydrogen-bond donors (Lipinski definition) is 2. The summed E-state index contributed by atoms with van der Waals surface area (Å²) < 4.78 is 0.955. The number of carbonyl (C=O) groups excluding carboxylic acids is 2. The molecule has 1 aliphatic carbocycles. The molecule has 0 saturated heterocycles. The van der Waals surface area contributed by atoms with E-state index in [2.05, 4.69) is 26.6 Å². The summed E-state index contributed by atoms with van der Waals surface area (Å²) in [5.41, 5.74) is 1.65. The van der Waals surface area contributed by atoms with Crippen molar-refractivity contribution in [1.82, 2.24) is 0 Å². The average molecular weight is 408 g/mol. The first kappa shape index (κ1) is 17.0. The molecule has 1 aliphatic rings. The molecule has 0 bridgehead atoms. The predicted molar refractivity (Wildman–Crippen MR) is 99.4 cm³/mol. The van der Waals surface area contributed by atoms with Crippen LogP contribution in [0, 0.1) is 0 Å². The maximum Gasteiger partial charge on any atom is 0.235 e. The number of benzene rings is 2. The highest BCUT2D eigenvalue weighted by molar-refractivity contribution is 9.10. The molecule has 0 heterocycles. The topological polar surface area (TPSA) is 58.2 Å². The van der Waals surface area contributed by atoms with Gasteiger partial charge in [0.25, 0.3) is 0 Å². The van der Waals surface area contributed by atoms with Gasteiger partial charge in [0.1, 0.15) is 0 Å². The molecule has 24 heavy (non-hydrogen) atoms. The molecule has 0 aliphatic heterocycles. The fraction of sp³-hybridized carbons (Fsp3) is 0.222. The van der Waals surface area contributed by atoms with Crippen LogP contribution >= 0.6 is 27.5 Å². The number of nitrogens with one attached hydrogen (secondary N) is 2. The number of amides is 2. The number of halogens is 2. The van der Waals surface area contributed by atoms with Gasteiger partial charge < -0.3 is 10.6 Å². The monoisotopic (exact) mass is 406 g/mol. The Balaban J connectivity index is 1.79. The molecule has 2 amide bonds. The van der Waals surface area contributed by atoms with Crippen LogP contribution in [0.3, 0.4) is 0 Å². The summed E-state index contributed by atoms with van der Waals surface area (Å²) in [6.45, 7) is 1.43. The second-order valence-corrected chi connectivity index (χ2v) is 7.25. The van der Waals surface area contributed by atoms with E-state index in [4.69, 9.17) is 11.6 Å². The molecule has 0 atom stereocenters. The molecule has 1 saturated carbocycles. The van der Waals surface area contributed by atoms with Crippen molar-refractivity contribution in [2.24, 2.45) is 0 Å². The number of hydrogen-bond acceptors (Lipinski definition) is 2. The Hall–Kier alpha value is -1.85. The summed E-state index contributed by atoms with van der Waals surface area (Å²) in [4.78, 5) is 23.9. The maximum atomic E-state index is 12.8. The van der Waals surface area contributed by atoms with Gasteiger partial charge in [-0.15, -0.1) is 0 Å². The quantitative estimate of drug-likeness (QED) is 0.769. The van der Waals surface area contributed by atoms with E-state index in [-0.39, 0.29) is 11.8 Å². The molecule has 0 spiro atoms. The summed E-state index contributed by atoms with van der Waals surface area (Å²) in [5, 5.41) is 5.96. The van der Waals surface area contributed by atoms with Gasteiger partial charge in [-0.2, -0.15) is 0 Å². The molecule has 0 radical (unpaired) electrons. The van der Waals surface area contributed by atoms with Gasteiger partial charge in [-0.3, -0.25) is 9.59 Å². The smallest absolute Gasteiger partial charge is 0.235 e.